The molecule has 1 aromatic carbocycles. The lowest BCUT2D eigenvalue weighted by molar-refractivity contribution is -0.136. The zero-order valence-electron chi connectivity index (χ0n) is 7.87. The van der Waals surface area contributed by atoms with Gasteiger partial charge in [0.05, 0.1) is 11.8 Å². The van der Waals surface area contributed by atoms with Gasteiger partial charge in [-0.2, -0.15) is 0 Å². The Balaban J connectivity index is 2.64. The maximum absolute atomic E-state index is 11.0. The Kier molecular flexibility index (Phi) is 4.30. The molecule has 0 heterocycles. The highest BCUT2D eigenvalue weighted by molar-refractivity contribution is 9.09. The topological polar surface area (TPSA) is 66.4 Å². The van der Waals surface area contributed by atoms with Crippen molar-refractivity contribution >= 4 is 33.5 Å². The molecule has 1 aromatic rings. The van der Waals surface area contributed by atoms with Crippen LogP contribution in [0.1, 0.15) is 5.56 Å². The largest absolute Gasteiger partial charge is 0.481 e. The predicted molar refractivity (Wildman–Crippen MR) is 60.2 cm³/mol. The SMILES string of the molecule is O=C(O)Cc1ccc(NC(=O)CBr)cc1. The monoisotopic (exact) mass is 271 g/mol. The molecule has 1 rings (SSSR count). The van der Waals surface area contributed by atoms with E-state index in [9.17, 15) is 9.59 Å². The minimum atomic E-state index is -0.868. The normalized spacial score (nSPS) is 9.67. The van der Waals surface area contributed by atoms with Gasteiger partial charge in [0, 0.05) is 5.69 Å². The molecule has 15 heavy (non-hydrogen) atoms. The van der Waals surface area contributed by atoms with Crippen LogP contribution in [0.5, 0.6) is 0 Å². The Hall–Kier alpha value is -1.36. The maximum Gasteiger partial charge on any atom is 0.307 e. The van der Waals surface area contributed by atoms with E-state index < -0.39 is 5.97 Å². The van der Waals surface area contributed by atoms with Gasteiger partial charge in [0.25, 0.3) is 0 Å². The van der Waals surface area contributed by atoms with E-state index in [1.807, 2.05) is 0 Å². The van der Waals surface area contributed by atoms with Gasteiger partial charge in [-0.1, -0.05) is 28.1 Å². The van der Waals surface area contributed by atoms with Gasteiger partial charge in [-0.05, 0) is 17.7 Å². The summed E-state index contributed by atoms with van der Waals surface area (Å²) in [6, 6.07) is 6.72. The molecule has 2 N–H and O–H groups in total. The third-order valence-electron chi connectivity index (χ3n) is 1.71. The Morgan fingerprint density at radius 2 is 1.87 bits per heavy atom. The quantitative estimate of drug-likeness (QED) is 0.819. The van der Waals surface area contributed by atoms with Crippen LogP contribution in [-0.4, -0.2) is 22.3 Å². The number of amides is 1. The van der Waals surface area contributed by atoms with Gasteiger partial charge in [0.1, 0.15) is 0 Å². The number of anilines is 1. The molecule has 0 unspecified atom stereocenters. The number of halogens is 1. The summed E-state index contributed by atoms with van der Waals surface area (Å²) in [7, 11) is 0. The second-order valence-electron chi connectivity index (χ2n) is 2.95. The first-order valence-corrected chi connectivity index (χ1v) is 5.40. The summed E-state index contributed by atoms with van der Waals surface area (Å²) in [5, 5.41) is 11.4. The zero-order chi connectivity index (χ0) is 11.3. The van der Waals surface area contributed by atoms with Crippen molar-refractivity contribution in [3.05, 3.63) is 29.8 Å². The fourth-order valence-electron chi connectivity index (χ4n) is 1.07. The molecule has 0 aliphatic heterocycles. The van der Waals surface area contributed by atoms with Crippen molar-refractivity contribution < 1.29 is 14.7 Å². The number of carbonyl (C=O) groups excluding carboxylic acids is 1. The number of hydrogen-bond acceptors (Lipinski definition) is 2. The predicted octanol–water partition coefficient (Wildman–Crippen LogP) is 1.65. The van der Waals surface area contributed by atoms with Crippen LogP contribution in [0.4, 0.5) is 5.69 Å². The van der Waals surface area contributed by atoms with Gasteiger partial charge in [-0.25, -0.2) is 0 Å². The number of rotatable bonds is 4. The Labute approximate surface area is 95.4 Å². The summed E-state index contributed by atoms with van der Waals surface area (Å²) in [5.74, 6) is -1.01. The van der Waals surface area contributed by atoms with Crippen LogP contribution >= 0.6 is 15.9 Å². The summed E-state index contributed by atoms with van der Waals surface area (Å²) < 4.78 is 0. The van der Waals surface area contributed by atoms with Crippen LogP contribution in [0, 0.1) is 0 Å². The lowest BCUT2D eigenvalue weighted by Crippen LogP contribution is -2.12. The number of carboxylic acids is 1. The van der Waals surface area contributed by atoms with E-state index in [4.69, 9.17) is 5.11 Å². The highest BCUT2D eigenvalue weighted by Gasteiger charge is 2.02. The second-order valence-corrected chi connectivity index (χ2v) is 3.51. The molecule has 80 valence electrons. The van der Waals surface area contributed by atoms with Crippen molar-refractivity contribution in [2.45, 2.75) is 6.42 Å². The summed E-state index contributed by atoms with van der Waals surface area (Å²) in [4.78, 5) is 21.4. The van der Waals surface area contributed by atoms with Crippen molar-refractivity contribution in [3.8, 4) is 0 Å². The van der Waals surface area contributed by atoms with Gasteiger partial charge in [-0.15, -0.1) is 0 Å². The second kappa shape index (κ2) is 5.50. The van der Waals surface area contributed by atoms with E-state index in [1.165, 1.54) is 0 Å². The van der Waals surface area contributed by atoms with Gasteiger partial charge >= 0.3 is 5.97 Å². The molecule has 0 radical (unpaired) electrons. The van der Waals surface area contributed by atoms with E-state index in [0.717, 1.165) is 0 Å². The first-order chi connectivity index (χ1) is 7.11. The number of benzene rings is 1. The molecule has 0 spiro atoms. The molecule has 5 heteroatoms. The van der Waals surface area contributed by atoms with E-state index in [0.29, 0.717) is 11.3 Å². The fourth-order valence-corrected chi connectivity index (χ4v) is 1.22. The molecule has 0 saturated carbocycles. The molecular formula is C10H10BrNO3. The van der Waals surface area contributed by atoms with E-state index in [-0.39, 0.29) is 17.7 Å². The van der Waals surface area contributed by atoms with Gasteiger partial charge in [-0.3, -0.25) is 9.59 Å². The number of hydrogen-bond donors (Lipinski definition) is 2. The van der Waals surface area contributed by atoms with Gasteiger partial charge < -0.3 is 10.4 Å². The van der Waals surface area contributed by atoms with E-state index >= 15 is 0 Å². The first-order valence-electron chi connectivity index (χ1n) is 4.28. The first kappa shape index (κ1) is 11.7. The average Bonchev–Trinajstić information content (AvgIpc) is 2.20. The molecular weight excluding hydrogens is 262 g/mol. The average molecular weight is 272 g/mol. The number of alkyl halides is 1. The van der Waals surface area contributed by atoms with E-state index in [1.54, 1.807) is 24.3 Å². The Bertz CT molecular complexity index is 361. The van der Waals surface area contributed by atoms with Gasteiger partial charge in [0.15, 0.2) is 0 Å². The third kappa shape index (κ3) is 4.12. The highest BCUT2D eigenvalue weighted by Crippen LogP contribution is 2.10. The molecule has 0 atom stereocenters. The molecule has 0 saturated heterocycles. The number of carboxylic acid groups (broad SMARTS) is 1. The molecule has 4 nitrogen and oxygen atoms in total. The van der Waals surface area contributed by atoms with Crippen LogP contribution in [0.2, 0.25) is 0 Å². The lowest BCUT2D eigenvalue weighted by Gasteiger charge is -2.03. The highest BCUT2D eigenvalue weighted by atomic mass is 79.9. The Morgan fingerprint density at radius 3 is 2.33 bits per heavy atom. The molecule has 0 aliphatic carbocycles. The maximum atomic E-state index is 11.0. The molecule has 0 fully saturated rings. The smallest absolute Gasteiger partial charge is 0.307 e. The molecule has 0 aromatic heterocycles. The zero-order valence-corrected chi connectivity index (χ0v) is 9.45. The van der Waals surface area contributed by atoms with Crippen molar-refractivity contribution in [3.63, 3.8) is 0 Å². The number of carbonyl (C=O) groups is 2. The molecule has 0 aliphatic rings. The summed E-state index contributed by atoms with van der Waals surface area (Å²) in [6.45, 7) is 0. The van der Waals surface area contributed by atoms with Crippen molar-refractivity contribution in [1.29, 1.82) is 0 Å². The number of nitrogens with one attached hydrogen (secondary N) is 1. The standard InChI is InChI=1S/C10H10BrNO3/c11-6-9(13)12-8-3-1-7(2-4-8)5-10(14)15/h1-4H,5-6H2,(H,12,13)(H,14,15). The van der Waals surface area contributed by atoms with Crippen molar-refractivity contribution in [2.75, 3.05) is 10.6 Å². The lowest BCUT2D eigenvalue weighted by atomic mass is 10.1. The van der Waals surface area contributed by atoms with Crippen molar-refractivity contribution in [2.24, 2.45) is 0 Å². The molecule has 1 amide bonds. The van der Waals surface area contributed by atoms with Crippen LogP contribution in [0.3, 0.4) is 0 Å². The minimum Gasteiger partial charge on any atom is -0.481 e. The fraction of sp³-hybridized carbons (Fsp3) is 0.200. The third-order valence-corrected chi connectivity index (χ3v) is 2.22. The molecule has 0 bridgehead atoms. The van der Waals surface area contributed by atoms with Gasteiger partial charge in [0.2, 0.25) is 5.91 Å². The summed E-state index contributed by atoms with van der Waals surface area (Å²) in [5.41, 5.74) is 1.37. The summed E-state index contributed by atoms with van der Waals surface area (Å²) in [6.07, 6.45) is -0.00727. The minimum absolute atomic E-state index is 0.00727. The van der Waals surface area contributed by atoms with Crippen LogP contribution in [-0.2, 0) is 16.0 Å². The van der Waals surface area contributed by atoms with Crippen LogP contribution in [0.15, 0.2) is 24.3 Å². The van der Waals surface area contributed by atoms with E-state index in [2.05, 4.69) is 21.2 Å². The van der Waals surface area contributed by atoms with Crippen LogP contribution < -0.4 is 5.32 Å². The summed E-state index contributed by atoms with van der Waals surface area (Å²) >= 11 is 3.03. The van der Waals surface area contributed by atoms with Crippen molar-refractivity contribution in [1.82, 2.24) is 0 Å². The van der Waals surface area contributed by atoms with Crippen LogP contribution in [0.25, 0.3) is 0 Å². The number of aliphatic carboxylic acids is 1. The Morgan fingerprint density at radius 1 is 1.27 bits per heavy atom.